The van der Waals surface area contributed by atoms with E-state index >= 15 is 0 Å². The summed E-state index contributed by atoms with van der Waals surface area (Å²) in [5, 5.41) is 4.23. The molecule has 1 aromatic rings. The van der Waals surface area contributed by atoms with Crippen molar-refractivity contribution in [2.24, 2.45) is 0 Å². The molecule has 1 nitrogen and oxygen atoms in total. The zero-order valence-corrected chi connectivity index (χ0v) is 12.2. The quantitative estimate of drug-likeness (QED) is 0.686. The second-order valence-corrected chi connectivity index (χ2v) is 5.43. The van der Waals surface area contributed by atoms with Gasteiger partial charge in [-0.05, 0) is 47.5 Å². The largest absolute Gasteiger partial charge is 0.383 e. The summed E-state index contributed by atoms with van der Waals surface area (Å²) in [6.07, 6.45) is 5.10. The second kappa shape index (κ2) is 7.18. The van der Waals surface area contributed by atoms with Gasteiger partial charge in [0.15, 0.2) is 0 Å². The van der Waals surface area contributed by atoms with Crippen molar-refractivity contribution in [3.05, 3.63) is 27.7 Å². The van der Waals surface area contributed by atoms with Crippen LogP contribution in [0.1, 0.15) is 39.5 Å². The van der Waals surface area contributed by atoms with Crippen LogP contribution in [0.2, 0.25) is 5.02 Å². The Bertz CT molecular complexity index is 328. The summed E-state index contributed by atoms with van der Waals surface area (Å²) in [4.78, 5) is 0. The van der Waals surface area contributed by atoms with Crippen molar-refractivity contribution in [3.63, 3.8) is 0 Å². The van der Waals surface area contributed by atoms with Crippen molar-refractivity contribution in [3.8, 4) is 0 Å². The van der Waals surface area contributed by atoms with Crippen LogP contribution in [-0.4, -0.2) is 6.04 Å². The van der Waals surface area contributed by atoms with E-state index in [4.69, 9.17) is 11.6 Å². The number of anilines is 1. The molecule has 1 rings (SSSR count). The molecule has 1 aromatic carbocycles. The van der Waals surface area contributed by atoms with Gasteiger partial charge in [0.05, 0.1) is 5.02 Å². The fourth-order valence-corrected chi connectivity index (χ4v) is 2.14. The Kier molecular flexibility index (Phi) is 6.22. The van der Waals surface area contributed by atoms with Crippen LogP contribution in [0.3, 0.4) is 0 Å². The molecule has 0 saturated heterocycles. The average molecular weight is 305 g/mol. The first-order chi connectivity index (χ1) is 7.63. The molecule has 16 heavy (non-hydrogen) atoms. The molecule has 0 aromatic heterocycles. The van der Waals surface area contributed by atoms with E-state index in [0.717, 1.165) is 15.2 Å². The normalized spacial score (nSPS) is 12.5. The van der Waals surface area contributed by atoms with E-state index in [1.165, 1.54) is 25.7 Å². The van der Waals surface area contributed by atoms with Crippen molar-refractivity contribution >= 4 is 33.2 Å². The third-order valence-electron chi connectivity index (χ3n) is 2.57. The van der Waals surface area contributed by atoms with Crippen LogP contribution in [0.4, 0.5) is 5.69 Å². The van der Waals surface area contributed by atoms with Crippen molar-refractivity contribution in [1.82, 2.24) is 0 Å². The van der Waals surface area contributed by atoms with Gasteiger partial charge < -0.3 is 5.32 Å². The van der Waals surface area contributed by atoms with Gasteiger partial charge in [-0.1, -0.05) is 37.8 Å². The minimum Gasteiger partial charge on any atom is -0.383 e. The number of benzene rings is 1. The lowest BCUT2D eigenvalue weighted by Gasteiger charge is -2.15. The second-order valence-electron chi connectivity index (χ2n) is 4.17. The van der Waals surface area contributed by atoms with Crippen LogP contribution in [0, 0.1) is 0 Å². The van der Waals surface area contributed by atoms with Gasteiger partial charge in [-0.2, -0.15) is 0 Å². The number of nitrogens with one attached hydrogen (secondary N) is 1. The summed E-state index contributed by atoms with van der Waals surface area (Å²) >= 11 is 9.37. The molecule has 0 aliphatic heterocycles. The summed E-state index contributed by atoms with van der Waals surface area (Å²) in [5.74, 6) is 0. The fraction of sp³-hybridized carbons (Fsp3) is 0.538. The zero-order chi connectivity index (χ0) is 12.0. The summed E-state index contributed by atoms with van der Waals surface area (Å²) in [5.41, 5.74) is 1.13. The van der Waals surface area contributed by atoms with Crippen molar-refractivity contribution in [2.75, 3.05) is 5.32 Å². The lowest BCUT2D eigenvalue weighted by Crippen LogP contribution is -2.14. The maximum absolute atomic E-state index is 5.94. The predicted molar refractivity (Wildman–Crippen MR) is 76.4 cm³/mol. The van der Waals surface area contributed by atoms with Crippen molar-refractivity contribution in [1.29, 1.82) is 0 Å². The standard InChI is InChI=1S/C13H19BrClN/c1-3-4-5-6-10(2)16-11-7-8-13(15)12(14)9-11/h7-10,16H,3-6H2,1-2H3. The van der Waals surface area contributed by atoms with Crippen LogP contribution in [0.25, 0.3) is 0 Å². The van der Waals surface area contributed by atoms with Gasteiger partial charge in [0.2, 0.25) is 0 Å². The lowest BCUT2D eigenvalue weighted by molar-refractivity contribution is 0.615. The number of hydrogen-bond acceptors (Lipinski definition) is 1. The first-order valence-electron chi connectivity index (χ1n) is 5.85. The third kappa shape index (κ3) is 4.75. The number of hydrogen-bond donors (Lipinski definition) is 1. The van der Waals surface area contributed by atoms with E-state index in [0.29, 0.717) is 6.04 Å². The Hall–Kier alpha value is -0.210. The van der Waals surface area contributed by atoms with E-state index < -0.39 is 0 Å². The molecule has 3 heteroatoms. The highest BCUT2D eigenvalue weighted by atomic mass is 79.9. The summed E-state index contributed by atoms with van der Waals surface area (Å²) < 4.78 is 0.944. The molecule has 0 aliphatic carbocycles. The van der Waals surface area contributed by atoms with Crippen LogP contribution in [-0.2, 0) is 0 Å². The topological polar surface area (TPSA) is 12.0 Å². The first-order valence-corrected chi connectivity index (χ1v) is 7.02. The summed E-state index contributed by atoms with van der Waals surface area (Å²) in [6, 6.07) is 6.47. The fourth-order valence-electron chi connectivity index (χ4n) is 1.64. The monoisotopic (exact) mass is 303 g/mol. The lowest BCUT2D eigenvalue weighted by atomic mass is 10.1. The minimum atomic E-state index is 0.514. The highest BCUT2D eigenvalue weighted by molar-refractivity contribution is 9.10. The van der Waals surface area contributed by atoms with E-state index in [9.17, 15) is 0 Å². The van der Waals surface area contributed by atoms with Gasteiger partial charge in [-0.15, -0.1) is 0 Å². The number of rotatable bonds is 6. The van der Waals surface area contributed by atoms with E-state index in [1.54, 1.807) is 0 Å². The molecular formula is C13H19BrClN. The Morgan fingerprint density at radius 1 is 1.38 bits per heavy atom. The Labute approximate surface area is 112 Å². The molecular weight excluding hydrogens is 286 g/mol. The van der Waals surface area contributed by atoms with Gasteiger partial charge in [-0.3, -0.25) is 0 Å². The highest BCUT2D eigenvalue weighted by Crippen LogP contribution is 2.26. The maximum Gasteiger partial charge on any atom is 0.0549 e. The van der Waals surface area contributed by atoms with E-state index in [1.807, 2.05) is 18.2 Å². The Morgan fingerprint density at radius 2 is 2.12 bits per heavy atom. The smallest absolute Gasteiger partial charge is 0.0549 e. The molecule has 90 valence electrons. The molecule has 0 fully saturated rings. The van der Waals surface area contributed by atoms with Crippen LogP contribution >= 0.6 is 27.5 Å². The molecule has 1 N–H and O–H groups in total. The molecule has 1 atom stereocenters. The Balaban J connectivity index is 2.43. The minimum absolute atomic E-state index is 0.514. The predicted octanol–water partition coefficient (Wildman–Crippen LogP) is 5.48. The van der Waals surface area contributed by atoms with Gasteiger partial charge in [0.25, 0.3) is 0 Å². The maximum atomic E-state index is 5.94. The van der Waals surface area contributed by atoms with Gasteiger partial charge in [0.1, 0.15) is 0 Å². The van der Waals surface area contributed by atoms with Crippen LogP contribution in [0.15, 0.2) is 22.7 Å². The molecule has 0 spiro atoms. The third-order valence-corrected chi connectivity index (χ3v) is 3.79. The molecule has 0 amide bonds. The zero-order valence-electron chi connectivity index (χ0n) is 9.89. The Morgan fingerprint density at radius 3 is 2.75 bits per heavy atom. The van der Waals surface area contributed by atoms with Gasteiger partial charge in [-0.25, -0.2) is 0 Å². The molecule has 0 aliphatic rings. The average Bonchev–Trinajstić information content (AvgIpc) is 2.24. The van der Waals surface area contributed by atoms with Crippen LogP contribution in [0.5, 0.6) is 0 Å². The first kappa shape index (κ1) is 13.9. The molecule has 0 heterocycles. The molecule has 0 radical (unpaired) electrons. The molecule has 1 unspecified atom stereocenters. The summed E-state index contributed by atoms with van der Waals surface area (Å²) in [6.45, 7) is 4.45. The SMILES string of the molecule is CCCCCC(C)Nc1ccc(Cl)c(Br)c1. The number of halogens is 2. The molecule has 0 bridgehead atoms. The molecule has 0 saturated carbocycles. The van der Waals surface area contributed by atoms with E-state index in [-0.39, 0.29) is 0 Å². The van der Waals surface area contributed by atoms with Gasteiger partial charge >= 0.3 is 0 Å². The highest BCUT2D eigenvalue weighted by Gasteiger charge is 2.03. The van der Waals surface area contributed by atoms with Crippen molar-refractivity contribution in [2.45, 2.75) is 45.6 Å². The van der Waals surface area contributed by atoms with Crippen LogP contribution < -0.4 is 5.32 Å². The van der Waals surface area contributed by atoms with E-state index in [2.05, 4.69) is 35.1 Å². The number of unbranched alkanes of at least 4 members (excludes halogenated alkanes) is 2. The summed E-state index contributed by atoms with van der Waals surface area (Å²) in [7, 11) is 0. The van der Waals surface area contributed by atoms with Crippen molar-refractivity contribution < 1.29 is 0 Å². The van der Waals surface area contributed by atoms with Gasteiger partial charge in [0, 0.05) is 16.2 Å².